The van der Waals surface area contributed by atoms with Crippen molar-refractivity contribution in [3.63, 3.8) is 0 Å². The summed E-state index contributed by atoms with van der Waals surface area (Å²) in [7, 11) is 1.39. The number of esters is 1. The largest absolute Gasteiger partial charge is 0.466 e. The van der Waals surface area contributed by atoms with Crippen LogP contribution in [-0.2, 0) is 14.3 Å². The third-order valence-corrected chi connectivity index (χ3v) is 6.35. The highest BCUT2D eigenvalue weighted by molar-refractivity contribution is 6.10. The Bertz CT molecular complexity index is 772. The van der Waals surface area contributed by atoms with Gasteiger partial charge in [-0.25, -0.2) is 4.79 Å². The Kier molecular flexibility index (Phi) is 3.72. The molecule has 3 aliphatic rings. The summed E-state index contributed by atoms with van der Waals surface area (Å²) in [6.45, 7) is 3.03. The molecule has 1 N–H and O–H groups in total. The summed E-state index contributed by atoms with van der Waals surface area (Å²) in [5.41, 5.74) is 2.01. The van der Waals surface area contributed by atoms with Crippen molar-refractivity contribution in [3.05, 3.63) is 35.9 Å². The topological polar surface area (TPSA) is 58.6 Å². The standard InChI is InChI=1S/C20H24N2O3/c1-3-19-10-6-12-21-20(19)15(13-18(24)25-2)14-7-4-5-8-16(14)22(20)17(23)9-11-19/h4-5,7-8,13,21H,3,6,9-12H2,1-2H3/b15-13-/t19-,20+/m1/s1. The lowest BCUT2D eigenvalue weighted by Gasteiger charge is -2.59. The minimum absolute atomic E-state index is 0.0714. The van der Waals surface area contributed by atoms with E-state index in [2.05, 4.69) is 12.2 Å². The lowest BCUT2D eigenvalue weighted by molar-refractivity contribution is -0.135. The van der Waals surface area contributed by atoms with Gasteiger partial charge in [0.1, 0.15) is 5.66 Å². The van der Waals surface area contributed by atoms with E-state index in [1.165, 1.54) is 7.11 Å². The highest BCUT2D eigenvalue weighted by Crippen LogP contribution is 2.61. The Labute approximate surface area is 148 Å². The molecular weight excluding hydrogens is 316 g/mol. The Morgan fingerprint density at radius 2 is 2.16 bits per heavy atom. The summed E-state index contributed by atoms with van der Waals surface area (Å²) >= 11 is 0. The molecule has 25 heavy (non-hydrogen) atoms. The molecule has 5 heteroatoms. The number of piperidine rings is 2. The predicted octanol–water partition coefficient (Wildman–Crippen LogP) is 2.86. The Hall–Kier alpha value is -2.14. The molecule has 1 aromatic carbocycles. The molecule has 3 aliphatic heterocycles. The van der Waals surface area contributed by atoms with Gasteiger partial charge in [0.05, 0.1) is 12.8 Å². The number of hydrogen-bond acceptors (Lipinski definition) is 4. The van der Waals surface area contributed by atoms with E-state index in [-0.39, 0.29) is 17.3 Å². The molecule has 2 fully saturated rings. The molecule has 0 aromatic heterocycles. The van der Waals surface area contributed by atoms with Crippen LogP contribution in [0.2, 0.25) is 0 Å². The Morgan fingerprint density at radius 3 is 2.92 bits per heavy atom. The van der Waals surface area contributed by atoms with Gasteiger partial charge in [-0.1, -0.05) is 25.1 Å². The number of nitrogens with zero attached hydrogens (tertiary/aromatic N) is 1. The molecule has 1 amide bonds. The molecule has 132 valence electrons. The van der Waals surface area contributed by atoms with Crippen LogP contribution < -0.4 is 10.2 Å². The molecule has 3 heterocycles. The maximum atomic E-state index is 13.0. The van der Waals surface area contributed by atoms with Crippen molar-refractivity contribution in [2.45, 2.75) is 44.7 Å². The van der Waals surface area contributed by atoms with E-state index in [4.69, 9.17) is 4.74 Å². The van der Waals surface area contributed by atoms with Crippen molar-refractivity contribution in [2.24, 2.45) is 5.41 Å². The predicted molar refractivity (Wildman–Crippen MR) is 95.8 cm³/mol. The molecule has 1 aromatic rings. The quantitative estimate of drug-likeness (QED) is 0.664. The SMILES string of the molecule is CC[C@]12CCCN[C@]13/C(=C\C(=O)OC)c1ccccc1N3C(=O)CC2. The van der Waals surface area contributed by atoms with E-state index in [0.29, 0.717) is 6.42 Å². The third-order valence-electron chi connectivity index (χ3n) is 6.35. The lowest BCUT2D eigenvalue weighted by Crippen LogP contribution is -2.73. The third kappa shape index (κ3) is 1.99. The number of methoxy groups -OCH3 is 1. The highest BCUT2D eigenvalue weighted by Gasteiger charge is 2.64. The van der Waals surface area contributed by atoms with Gasteiger partial charge in [0.2, 0.25) is 5.91 Å². The number of hydrogen-bond donors (Lipinski definition) is 1. The molecule has 0 saturated carbocycles. The van der Waals surface area contributed by atoms with Crippen LogP contribution in [0.15, 0.2) is 30.3 Å². The van der Waals surface area contributed by atoms with E-state index < -0.39 is 5.66 Å². The van der Waals surface area contributed by atoms with Crippen LogP contribution in [-0.4, -0.2) is 31.2 Å². The molecule has 0 radical (unpaired) electrons. The Morgan fingerprint density at radius 1 is 1.36 bits per heavy atom. The molecule has 2 saturated heterocycles. The lowest BCUT2D eigenvalue weighted by atomic mass is 9.60. The van der Waals surface area contributed by atoms with Gasteiger partial charge >= 0.3 is 5.97 Å². The van der Waals surface area contributed by atoms with Crippen LogP contribution in [0.25, 0.3) is 5.57 Å². The fourth-order valence-corrected chi connectivity index (χ4v) is 5.21. The summed E-state index contributed by atoms with van der Waals surface area (Å²) in [6.07, 6.45) is 6.07. The van der Waals surface area contributed by atoms with Gasteiger partial charge in [-0.3, -0.25) is 15.0 Å². The number of fused-ring (bicyclic) bond motifs is 2. The number of nitrogens with one attached hydrogen (secondary N) is 1. The minimum atomic E-state index is -0.646. The van der Waals surface area contributed by atoms with Crippen LogP contribution in [0, 0.1) is 5.41 Å². The van der Waals surface area contributed by atoms with Crippen molar-refractivity contribution in [1.82, 2.24) is 5.32 Å². The number of ether oxygens (including phenoxy) is 1. The van der Waals surface area contributed by atoms with E-state index in [1.807, 2.05) is 29.2 Å². The van der Waals surface area contributed by atoms with E-state index in [0.717, 1.165) is 49.1 Å². The molecule has 1 spiro atoms. The van der Waals surface area contributed by atoms with E-state index >= 15 is 0 Å². The highest BCUT2D eigenvalue weighted by atomic mass is 16.5. The first-order valence-corrected chi connectivity index (χ1v) is 9.07. The first kappa shape index (κ1) is 16.3. The van der Waals surface area contributed by atoms with E-state index in [1.54, 1.807) is 6.08 Å². The average Bonchev–Trinajstić information content (AvgIpc) is 2.93. The molecular formula is C20H24N2O3. The van der Waals surface area contributed by atoms with Crippen LogP contribution >= 0.6 is 0 Å². The van der Waals surface area contributed by atoms with Crippen molar-refractivity contribution < 1.29 is 14.3 Å². The van der Waals surface area contributed by atoms with Crippen molar-refractivity contribution >= 4 is 23.1 Å². The van der Waals surface area contributed by atoms with Crippen LogP contribution in [0.4, 0.5) is 5.69 Å². The van der Waals surface area contributed by atoms with Crippen LogP contribution in [0.1, 0.15) is 44.6 Å². The number of anilines is 1. The molecule has 4 rings (SSSR count). The smallest absolute Gasteiger partial charge is 0.330 e. The second-order valence-electron chi connectivity index (χ2n) is 7.20. The first-order valence-electron chi connectivity index (χ1n) is 9.07. The number of carbonyl (C=O) groups excluding carboxylic acids is 2. The fraction of sp³-hybridized carbons (Fsp3) is 0.500. The molecule has 0 aliphatic carbocycles. The van der Waals surface area contributed by atoms with E-state index in [9.17, 15) is 9.59 Å². The average molecular weight is 340 g/mol. The maximum absolute atomic E-state index is 13.0. The van der Waals surface area contributed by atoms with Gasteiger partial charge in [-0.05, 0) is 38.3 Å². The monoisotopic (exact) mass is 340 g/mol. The van der Waals surface area contributed by atoms with Gasteiger partial charge in [-0.15, -0.1) is 0 Å². The first-order chi connectivity index (χ1) is 12.1. The summed E-state index contributed by atoms with van der Waals surface area (Å²) in [5, 5.41) is 3.67. The zero-order chi connectivity index (χ0) is 17.7. The van der Waals surface area contributed by atoms with Crippen molar-refractivity contribution in [1.29, 1.82) is 0 Å². The van der Waals surface area contributed by atoms with Gasteiger partial charge in [0, 0.05) is 29.0 Å². The number of para-hydroxylation sites is 1. The van der Waals surface area contributed by atoms with Gasteiger partial charge < -0.3 is 4.74 Å². The summed E-state index contributed by atoms with van der Waals surface area (Å²) in [4.78, 5) is 27.1. The van der Waals surface area contributed by atoms with Crippen molar-refractivity contribution in [3.8, 4) is 0 Å². The van der Waals surface area contributed by atoms with Crippen molar-refractivity contribution in [2.75, 3.05) is 18.6 Å². The van der Waals surface area contributed by atoms with Gasteiger partial charge in [-0.2, -0.15) is 0 Å². The number of carbonyl (C=O) groups is 2. The second kappa shape index (κ2) is 5.70. The number of rotatable bonds is 2. The second-order valence-corrected chi connectivity index (χ2v) is 7.20. The van der Waals surface area contributed by atoms with Gasteiger partial charge in [0.25, 0.3) is 0 Å². The summed E-state index contributed by atoms with van der Waals surface area (Å²) < 4.78 is 4.93. The molecule has 0 unspecified atom stereocenters. The fourth-order valence-electron chi connectivity index (χ4n) is 5.21. The normalized spacial score (nSPS) is 32.2. The van der Waals surface area contributed by atoms with Crippen LogP contribution in [0.3, 0.4) is 0 Å². The minimum Gasteiger partial charge on any atom is -0.466 e. The summed E-state index contributed by atoms with van der Waals surface area (Å²) in [6, 6.07) is 7.89. The Balaban J connectivity index is 2.03. The maximum Gasteiger partial charge on any atom is 0.330 e. The molecule has 5 nitrogen and oxygen atoms in total. The zero-order valence-electron chi connectivity index (χ0n) is 14.8. The van der Waals surface area contributed by atoms with Gasteiger partial charge in [0.15, 0.2) is 0 Å². The number of amides is 1. The number of benzene rings is 1. The summed E-state index contributed by atoms with van der Waals surface area (Å²) in [5.74, 6) is -0.254. The van der Waals surface area contributed by atoms with Crippen LogP contribution in [0.5, 0.6) is 0 Å². The molecule has 0 bridgehead atoms. The zero-order valence-corrected chi connectivity index (χ0v) is 14.8. The molecule has 2 atom stereocenters.